The van der Waals surface area contributed by atoms with Gasteiger partial charge in [-0.15, -0.1) is 0 Å². The van der Waals surface area contributed by atoms with E-state index in [0.29, 0.717) is 5.69 Å². The molecule has 20 heavy (non-hydrogen) atoms. The van der Waals surface area contributed by atoms with Crippen molar-refractivity contribution in [3.05, 3.63) is 24.3 Å². The van der Waals surface area contributed by atoms with Crippen LogP contribution in [-0.2, 0) is 19.4 Å². The van der Waals surface area contributed by atoms with Crippen LogP contribution >= 0.6 is 0 Å². The molecule has 0 aliphatic rings. The van der Waals surface area contributed by atoms with Crippen molar-refractivity contribution in [1.29, 1.82) is 0 Å². The highest BCUT2D eigenvalue weighted by molar-refractivity contribution is 7.90. The molecule has 1 amide bonds. The minimum absolute atomic E-state index is 0.0118. The summed E-state index contributed by atoms with van der Waals surface area (Å²) in [4.78, 5) is 11.4. The first kappa shape index (κ1) is 16.5. The monoisotopic (exact) mass is 300 g/mol. The molecule has 1 atom stereocenters. The number of anilines is 2. The van der Waals surface area contributed by atoms with Crippen LogP contribution in [0, 0.1) is 0 Å². The highest BCUT2D eigenvalue weighted by Crippen LogP contribution is 2.16. The van der Waals surface area contributed by atoms with Gasteiger partial charge in [0, 0.05) is 30.8 Å². The second kappa shape index (κ2) is 7.25. The lowest BCUT2D eigenvalue weighted by Crippen LogP contribution is -2.25. The van der Waals surface area contributed by atoms with Crippen molar-refractivity contribution < 1.29 is 17.9 Å². The molecule has 0 spiro atoms. The van der Waals surface area contributed by atoms with E-state index in [-0.39, 0.29) is 24.3 Å². The lowest BCUT2D eigenvalue weighted by molar-refractivity contribution is -0.119. The Hall–Kier alpha value is -1.60. The second-order valence-corrected chi connectivity index (χ2v) is 6.88. The third kappa shape index (κ3) is 6.53. The molecular weight excluding hydrogens is 280 g/mol. The number of carbonyl (C=O) groups is 1. The lowest BCUT2D eigenvalue weighted by Gasteiger charge is -2.15. The van der Waals surface area contributed by atoms with E-state index in [2.05, 4.69) is 10.6 Å². The van der Waals surface area contributed by atoms with Crippen molar-refractivity contribution in [2.45, 2.75) is 13.0 Å². The minimum Gasteiger partial charge on any atom is -0.382 e. The van der Waals surface area contributed by atoms with Gasteiger partial charge in [-0.25, -0.2) is 8.42 Å². The number of ether oxygens (including phenoxy) is 1. The van der Waals surface area contributed by atoms with Crippen LogP contribution in [0.4, 0.5) is 11.4 Å². The number of methoxy groups -OCH3 is 1. The Bertz CT molecular complexity index is 557. The van der Waals surface area contributed by atoms with Crippen molar-refractivity contribution in [1.82, 2.24) is 0 Å². The number of benzene rings is 1. The fourth-order valence-electron chi connectivity index (χ4n) is 1.80. The van der Waals surface area contributed by atoms with Crippen molar-refractivity contribution >= 4 is 27.1 Å². The molecule has 1 unspecified atom stereocenters. The van der Waals surface area contributed by atoms with Gasteiger partial charge < -0.3 is 15.4 Å². The van der Waals surface area contributed by atoms with E-state index in [9.17, 15) is 13.2 Å². The van der Waals surface area contributed by atoms with Gasteiger partial charge in [-0.2, -0.15) is 0 Å². The van der Waals surface area contributed by atoms with Crippen LogP contribution in [0.5, 0.6) is 0 Å². The predicted octanol–water partition coefficient (Wildman–Crippen LogP) is 1.12. The average molecular weight is 300 g/mol. The van der Waals surface area contributed by atoms with E-state index in [1.807, 2.05) is 6.07 Å². The molecule has 0 aliphatic carbocycles. The third-order valence-electron chi connectivity index (χ3n) is 2.39. The first-order chi connectivity index (χ1) is 9.30. The standard InChI is InChI=1S/C13H20N2O4S/c1-10(9-20(3,17)18)14-11-5-4-6-12(7-11)15-13(16)8-19-2/h4-7,10,14H,8-9H2,1-3H3,(H,15,16). The first-order valence-corrected chi connectivity index (χ1v) is 8.19. The van der Waals surface area contributed by atoms with E-state index >= 15 is 0 Å². The lowest BCUT2D eigenvalue weighted by atomic mass is 10.2. The maximum absolute atomic E-state index is 11.4. The van der Waals surface area contributed by atoms with E-state index in [1.54, 1.807) is 25.1 Å². The van der Waals surface area contributed by atoms with E-state index in [0.717, 1.165) is 5.69 Å². The Morgan fingerprint density at radius 2 is 2.00 bits per heavy atom. The molecule has 1 aromatic rings. The summed E-state index contributed by atoms with van der Waals surface area (Å²) in [6.07, 6.45) is 1.20. The maximum Gasteiger partial charge on any atom is 0.250 e. The minimum atomic E-state index is -3.03. The van der Waals surface area contributed by atoms with Crippen LogP contribution in [0.2, 0.25) is 0 Å². The zero-order chi connectivity index (χ0) is 15.2. The Morgan fingerprint density at radius 3 is 2.60 bits per heavy atom. The van der Waals surface area contributed by atoms with Crippen molar-refractivity contribution in [2.24, 2.45) is 0 Å². The molecule has 0 saturated carbocycles. The Morgan fingerprint density at radius 1 is 1.35 bits per heavy atom. The van der Waals surface area contributed by atoms with Gasteiger partial charge in [0.1, 0.15) is 16.4 Å². The van der Waals surface area contributed by atoms with Crippen molar-refractivity contribution in [3.63, 3.8) is 0 Å². The van der Waals surface area contributed by atoms with E-state index in [4.69, 9.17) is 4.74 Å². The fraction of sp³-hybridized carbons (Fsp3) is 0.462. The summed E-state index contributed by atoms with van der Waals surface area (Å²) in [6.45, 7) is 1.78. The van der Waals surface area contributed by atoms with Crippen LogP contribution < -0.4 is 10.6 Å². The SMILES string of the molecule is COCC(=O)Nc1cccc(NC(C)CS(C)(=O)=O)c1. The van der Waals surface area contributed by atoms with E-state index in [1.165, 1.54) is 13.4 Å². The van der Waals surface area contributed by atoms with Gasteiger partial charge in [-0.05, 0) is 25.1 Å². The van der Waals surface area contributed by atoms with Crippen LogP contribution in [0.3, 0.4) is 0 Å². The topological polar surface area (TPSA) is 84.5 Å². The second-order valence-electron chi connectivity index (χ2n) is 4.70. The smallest absolute Gasteiger partial charge is 0.250 e. The predicted molar refractivity (Wildman–Crippen MR) is 79.7 cm³/mol. The Labute approximate surface area is 119 Å². The molecular formula is C13H20N2O4S. The van der Waals surface area contributed by atoms with Crippen LogP contribution in [0.25, 0.3) is 0 Å². The summed E-state index contributed by atoms with van der Waals surface area (Å²) in [6, 6.07) is 6.87. The molecule has 0 heterocycles. The molecule has 112 valence electrons. The highest BCUT2D eigenvalue weighted by atomic mass is 32.2. The molecule has 0 fully saturated rings. The molecule has 0 aromatic heterocycles. The quantitative estimate of drug-likeness (QED) is 0.788. The molecule has 6 nitrogen and oxygen atoms in total. The Kier molecular flexibility index (Phi) is 5.97. The maximum atomic E-state index is 11.4. The summed E-state index contributed by atoms with van der Waals surface area (Å²) >= 11 is 0. The summed E-state index contributed by atoms with van der Waals surface area (Å²) < 4.78 is 27.1. The normalized spacial score (nSPS) is 12.8. The number of hydrogen-bond acceptors (Lipinski definition) is 5. The summed E-state index contributed by atoms with van der Waals surface area (Å²) in [5.74, 6) is -0.193. The van der Waals surface area contributed by atoms with Gasteiger partial charge in [0.25, 0.3) is 0 Å². The Balaban J connectivity index is 2.66. The number of nitrogens with one attached hydrogen (secondary N) is 2. The van der Waals surface area contributed by atoms with Crippen LogP contribution in [-0.4, -0.2) is 46.1 Å². The van der Waals surface area contributed by atoms with Gasteiger partial charge in [0.05, 0.1) is 5.75 Å². The first-order valence-electron chi connectivity index (χ1n) is 6.13. The number of rotatable bonds is 7. The van der Waals surface area contributed by atoms with Crippen molar-refractivity contribution in [3.8, 4) is 0 Å². The molecule has 0 radical (unpaired) electrons. The molecule has 0 saturated heterocycles. The third-order valence-corrected chi connectivity index (χ3v) is 3.49. The molecule has 0 aliphatic heterocycles. The average Bonchev–Trinajstić information content (AvgIpc) is 2.26. The molecule has 1 aromatic carbocycles. The summed E-state index contributed by atoms with van der Waals surface area (Å²) in [5.41, 5.74) is 1.37. The number of hydrogen-bond donors (Lipinski definition) is 2. The van der Waals surface area contributed by atoms with Crippen molar-refractivity contribution in [2.75, 3.05) is 36.4 Å². The number of amides is 1. The van der Waals surface area contributed by atoms with Gasteiger partial charge in [-0.1, -0.05) is 6.07 Å². The van der Waals surface area contributed by atoms with E-state index < -0.39 is 9.84 Å². The molecule has 1 rings (SSSR count). The molecule has 7 heteroatoms. The number of carbonyl (C=O) groups excluding carboxylic acids is 1. The van der Waals surface area contributed by atoms with Gasteiger partial charge >= 0.3 is 0 Å². The van der Waals surface area contributed by atoms with Gasteiger partial charge in [-0.3, -0.25) is 4.79 Å². The largest absolute Gasteiger partial charge is 0.382 e. The van der Waals surface area contributed by atoms with Crippen LogP contribution in [0.15, 0.2) is 24.3 Å². The summed E-state index contributed by atoms with van der Waals surface area (Å²) in [7, 11) is -1.58. The summed E-state index contributed by atoms with van der Waals surface area (Å²) in [5, 5.41) is 5.76. The fourth-order valence-corrected chi connectivity index (χ4v) is 2.79. The van der Waals surface area contributed by atoms with Gasteiger partial charge in [0.2, 0.25) is 5.91 Å². The zero-order valence-electron chi connectivity index (χ0n) is 11.8. The molecule has 2 N–H and O–H groups in total. The highest BCUT2D eigenvalue weighted by Gasteiger charge is 2.10. The van der Waals surface area contributed by atoms with Crippen LogP contribution in [0.1, 0.15) is 6.92 Å². The zero-order valence-corrected chi connectivity index (χ0v) is 12.7. The van der Waals surface area contributed by atoms with Gasteiger partial charge in [0.15, 0.2) is 0 Å². The molecule has 0 bridgehead atoms. The number of sulfone groups is 1.